The van der Waals surface area contributed by atoms with Crippen molar-refractivity contribution in [2.45, 2.75) is 31.4 Å². The Labute approximate surface area is 198 Å². The molecule has 2 atom stereocenters. The summed E-state index contributed by atoms with van der Waals surface area (Å²) in [5.74, 6) is 1.05. The van der Waals surface area contributed by atoms with E-state index in [-0.39, 0.29) is 5.41 Å². The van der Waals surface area contributed by atoms with Gasteiger partial charge in [0.2, 0.25) is 0 Å². The van der Waals surface area contributed by atoms with Crippen molar-refractivity contribution in [2.75, 3.05) is 28.5 Å². The molecule has 176 valence electrons. The first-order valence-electron chi connectivity index (χ1n) is 11.2. The van der Waals surface area contributed by atoms with Crippen LogP contribution in [0.1, 0.15) is 30.9 Å². The molecule has 3 heterocycles. The third-order valence-electron chi connectivity index (χ3n) is 6.68. The summed E-state index contributed by atoms with van der Waals surface area (Å²) < 4.78 is 47.6. The van der Waals surface area contributed by atoms with Crippen LogP contribution in [0, 0.1) is 9.82 Å². The van der Waals surface area contributed by atoms with Gasteiger partial charge in [-0.15, -0.1) is 0 Å². The Morgan fingerprint density at radius 1 is 1.15 bits per heavy atom. The second-order valence-electron chi connectivity index (χ2n) is 8.71. The van der Waals surface area contributed by atoms with Crippen molar-refractivity contribution in [1.29, 1.82) is 0 Å². The molecule has 5 nitrogen and oxygen atoms in total. The number of aromatic nitrogens is 3. The number of hydrogen-bond acceptors (Lipinski definition) is 5. The molecule has 1 aliphatic carbocycles. The van der Waals surface area contributed by atoms with Crippen molar-refractivity contribution in [1.82, 2.24) is 20.1 Å². The number of halogens is 4. The van der Waals surface area contributed by atoms with E-state index in [2.05, 4.69) is 27.0 Å². The molecule has 2 aliphatic rings. The molecule has 5 rings (SSSR count). The van der Waals surface area contributed by atoms with E-state index >= 15 is 0 Å². The monoisotopic (exact) mass is 570 g/mol. The fourth-order valence-corrected chi connectivity index (χ4v) is 8.95. The number of hydrogen-bond donors (Lipinski definition) is 0. The minimum atomic E-state index is -4.28. The predicted molar refractivity (Wildman–Crippen MR) is 128 cm³/mol. The van der Waals surface area contributed by atoms with Gasteiger partial charge in [0.05, 0.1) is 0 Å². The van der Waals surface area contributed by atoms with Crippen molar-refractivity contribution < 1.29 is 17.6 Å². The first-order chi connectivity index (χ1) is 15.9. The summed E-state index contributed by atoms with van der Waals surface area (Å²) in [6.07, 6.45) is -0.401. The van der Waals surface area contributed by atoms with E-state index in [9.17, 15) is 13.2 Å². The number of benzene rings is 1. The van der Waals surface area contributed by atoms with Gasteiger partial charge in [-0.3, -0.25) is 0 Å². The fourth-order valence-electron chi connectivity index (χ4n) is 4.87. The van der Waals surface area contributed by atoms with Crippen LogP contribution in [0.4, 0.5) is 13.2 Å². The number of piperidine rings is 1. The van der Waals surface area contributed by atoms with Crippen molar-refractivity contribution in [3.05, 3.63) is 63.7 Å². The molecule has 0 bridgehead atoms. The number of fused-ring (bicyclic) bond motifs is 1. The van der Waals surface area contributed by atoms with Crippen LogP contribution in [0.2, 0.25) is 0 Å². The molecule has 1 saturated carbocycles. The van der Waals surface area contributed by atoms with Crippen molar-refractivity contribution in [2.24, 2.45) is 5.92 Å². The summed E-state index contributed by atoms with van der Waals surface area (Å²) in [7, 11) is 0. The van der Waals surface area contributed by atoms with Crippen LogP contribution in [0.15, 0.2) is 53.1 Å². The maximum atomic E-state index is 12.9. The molecule has 9 heteroatoms. The Bertz CT molecular complexity index is 1090. The quantitative estimate of drug-likeness (QED) is 0.264. The van der Waals surface area contributed by atoms with Crippen LogP contribution in [0.3, 0.4) is 0 Å². The second-order valence-corrected chi connectivity index (χ2v) is 14.8. The Balaban J connectivity index is 1.15. The van der Waals surface area contributed by atoms with Crippen LogP contribution in [-0.2, 0) is 11.6 Å². The van der Waals surface area contributed by atoms with Gasteiger partial charge in [0.25, 0.3) is 0 Å². The van der Waals surface area contributed by atoms with E-state index < -0.39 is 31.6 Å². The first-order valence-corrected chi connectivity index (χ1v) is 15.3. The molecule has 1 saturated heterocycles. The molecular formula is C24H26F3IN4O. The Morgan fingerprint density at radius 2 is 1.97 bits per heavy atom. The van der Waals surface area contributed by atoms with Gasteiger partial charge < -0.3 is 0 Å². The van der Waals surface area contributed by atoms with E-state index in [1.165, 1.54) is 12.1 Å². The number of alkyl halides is 5. The topological polar surface area (TPSA) is 55.1 Å². The van der Waals surface area contributed by atoms with Crippen LogP contribution in [0.25, 0.3) is 11.6 Å². The van der Waals surface area contributed by atoms with Crippen LogP contribution >= 0.6 is 19.8 Å². The van der Waals surface area contributed by atoms with Gasteiger partial charge in [-0.2, -0.15) is 0 Å². The summed E-state index contributed by atoms with van der Waals surface area (Å²) in [6, 6.07) is 11.4. The number of rotatable bonds is 8. The number of nitrogens with zero attached hydrogens (tertiary/aromatic N) is 4. The molecule has 0 radical (unpaired) electrons. The van der Waals surface area contributed by atoms with Gasteiger partial charge in [0.1, 0.15) is 0 Å². The zero-order chi connectivity index (χ0) is 23.1. The summed E-state index contributed by atoms with van der Waals surface area (Å²) in [5, 5.41) is 8.53. The standard InChI is InChI=1S/C24H26F3IN4O/c1-2-28(22-31-30-21(33-22)20-6-3-4-12-29-20)11-5-13-32-15-19-14-23(19,16-32)17-7-9-18(10-8-17)24(25,26)27/h3-4,6-10,12,19H,2,5,11,13-16H2,1H3/t19-,23+/m0/s1. The molecule has 33 heavy (non-hydrogen) atoms. The van der Waals surface area contributed by atoms with E-state index in [4.69, 9.17) is 4.42 Å². The number of likely N-dealkylation sites (tertiary alicyclic amines) is 1. The minimum absolute atomic E-state index is 0.0528. The molecule has 0 spiro atoms. The average molecular weight is 570 g/mol. The van der Waals surface area contributed by atoms with Gasteiger partial charge in [0.15, 0.2) is 0 Å². The molecule has 3 aromatic rings. The zero-order valence-corrected chi connectivity index (χ0v) is 20.5. The fraction of sp³-hybridized carbons (Fsp3) is 0.458. The van der Waals surface area contributed by atoms with Gasteiger partial charge in [0, 0.05) is 0 Å². The molecule has 2 aromatic heterocycles. The van der Waals surface area contributed by atoms with Crippen molar-refractivity contribution >= 4 is 19.8 Å². The van der Waals surface area contributed by atoms with E-state index in [1.807, 2.05) is 18.2 Å². The average Bonchev–Trinajstić information content (AvgIpc) is 3.14. The first kappa shape index (κ1) is 22.8. The van der Waals surface area contributed by atoms with E-state index in [0.29, 0.717) is 17.5 Å². The molecule has 1 aliphatic heterocycles. The number of pyridine rings is 1. The third kappa shape index (κ3) is 4.66. The zero-order valence-electron chi connectivity index (χ0n) is 18.4. The second kappa shape index (κ2) is 8.98. The normalized spacial score (nSPS) is 22.9. The third-order valence-corrected chi connectivity index (χ3v) is 12.3. The van der Waals surface area contributed by atoms with Gasteiger partial charge in [-0.05, 0) is 0 Å². The van der Waals surface area contributed by atoms with Crippen molar-refractivity contribution in [3.8, 4) is 11.6 Å². The van der Waals surface area contributed by atoms with E-state index in [1.54, 1.807) is 18.3 Å². The SMILES string of the molecule is CCI(CCCN1C[C@@H]2C[C@]2(c2ccc(C(F)(F)F)cc2)C1)c1nnc(-c2ccccn2)o1. The molecule has 0 N–H and O–H groups in total. The van der Waals surface area contributed by atoms with E-state index in [0.717, 1.165) is 50.8 Å². The molecule has 0 unspecified atom stereocenters. The Kier molecular flexibility index (Phi) is 6.19. The summed E-state index contributed by atoms with van der Waals surface area (Å²) in [4.78, 5) is 6.76. The van der Waals surface area contributed by atoms with Crippen molar-refractivity contribution in [3.63, 3.8) is 0 Å². The summed E-state index contributed by atoms with van der Waals surface area (Å²) in [5.41, 5.74) is 1.24. The molecule has 1 aromatic carbocycles. The molecular weight excluding hydrogens is 544 g/mol. The summed E-state index contributed by atoms with van der Waals surface area (Å²) in [6.45, 7) is 5.17. The Morgan fingerprint density at radius 3 is 2.67 bits per heavy atom. The van der Waals surface area contributed by atoms with Crippen LogP contribution < -0.4 is 0 Å². The summed E-state index contributed by atoms with van der Waals surface area (Å²) >= 11 is -1.54. The maximum absolute atomic E-state index is 12.9. The van der Waals surface area contributed by atoms with Crippen LogP contribution in [-0.4, -0.2) is 48.6 Å². The van der Waals surface area contributed by atoms with Crippen LogP contribution in [0.5, 0.6) is 0 Å². The predicted octanol–water partition coefficient (Wildman–Crippen LogP) is 5.51. The molecule has 2 fully saturated rings. The Hall–Kier alpha value is -2.01. The van der Waals surface area contributed by atoms with Gasteiger partial charge in [-0.25, -0.2) is 0 Å². The van der Waals surface area contributed by atoms with Gasteiger partial charge in [-0.1, -0.05) is 0 Å². The molecule has 0 amide bonds. The van der Waals surface area contributed by atoms with Gasteiger partial charge >= 0.3 is 199 Å².